The van der Waals surface area contributed by atoms with Gasteiger partial charge < -0.3 is 4.74 Å². The molecule has 3 aromatic rings. The van der Waals surface area contributed by atoms with E-state index in [1.807, 2.05) is 54.6 Å². The van der Waals surface area contributed by atoms with Gasteiger partial charge in [-0.05, 0) is 36.8 Å². The minimum Gasteiger partial charge on any atom is -0.485 e. The molecule has 1 heterocycles. The topological polar surface area (TPSA) is 33.6 Å². The Morgan fingerprint density at radius 3 is 2.40 bits per heavy atom. The predicted molar refractivity (Wildman–Crippen MR) is 102 cm³/mol. The summed E-state index contributed by atoms with van der Waals surface area (Å²) in [6.07, 6.45) is 0.716. The molecule has 3 aromatic carbocycles. The fourth-order valence-electron chi connectivity index (χ4n) is 3.06. The smallest absolute Gasteiger partial charge is 0.129 e. The van der Waals surface area contributed by atoms with Gasteiger partial charge in [0.1, 0.15) is 11.9 Å². The third-order valence-corrected chi connectivity index (χ3v) is 4.36. The number of hydrazone groups is 1. The first-order valence-electron chi connectivity index (χ1n) is 8.50. The van der Waals surface area contributed by atoms with Crippen LogP contribution in [-0.4, -0.2) is 5.71 Å². The Kier molecular flexibility index (Phi) is 4.21. The Hall–Kier alpha value is -3.07. The molecule has 1 atom stereocenters. The van der Waals surface area contributed by atoms with Crippen molar-refractivity contribution in [3.63, 3.8) is 0 Å². The van der Waals surface area contributed by atoms with Gasteiger partial charge in [0.25, 0.3) is 0 Å². The third kappa shape index (κ3) is 3.41. The molecule has 0 amide bonds. The molecule has 0 radical (unpaired) electrons. The highest BCUT2D eigenvalue weighted by molar-refractivity contribution is 6.04. The van der Waals surface area contributed by atoms with E-state index >= 15 is 0 Å². The van der Waals surface area contributed by atoms with Crippen LogP contribution in [0.15, 0.2) is 84.0 Å². The first-order chi connectivity index (χ1) is 12.3. The molecule has 0 fully saturated rings. The van der Waals surface area contributed by atoms with Crippen LogP contribution in [0.3, 0.4) is 0 Å². The lowest BCUT2D eigenvalue weighted by Crippen LogP contribution is -2.22. The second-order valence-corrected chi connectivity index (χ2v) is 6.26. The Morgan fingerprint density at radius 1 is 0.920 bits per heavy atom. The molecule has 4 rings (SSSR count). The van der Waals surface area contributed by atoms with Crippen LogP contribution in [0.5, 0.6) is 5.75 Å². The summed E-state index contributed by atoms with van der Waals surface area (Å²) >= 11 is 0. The van der Waals surface area contributed by atoms with Gasteiger partial charge in [-0.2, -0.15) is 5.10 Å². The summed E-state index contributed by atoms with van der Waals surface area (Å²) in [6.45, 7) is 2.09. The molecule has 0 spiro atoms. The normalized spacial score (nSPS) is 17.6. The van der Waals surface area contributed by atoms with Gasteiger partial charge in [-0.25, -0.2) is 0 Å². The van der Waals surface area contributed by atoms with Crippen LogP contribution in [0.1, 0.15) is 29.2 Å². The predicted octanol–water partition coefficient (Wildman–Crippen LogP) is 5.34. The van der Waals surface area contributed by atoms with Crippen molar-refractivity contribution in [2.24, 2.45) is 5.10 Å². The molecule has 0 saturated heterocycles. The number of ether oxygens (including phenoxy) is 1. The van der Waals surface area contributed by atoms with Gasteiger partial charge in [-0.3, -0.25) is 5.43 Å². The summed E-state index contributed by atoms with van der Waals surface area (Å²) in [7, 11) is 0. The summed E-state index contributed by atoms with van der Waals surface area (Å²) in [6, 6.07) is 26.6. The van der Waals surface area contributed by atoms with Crippen molar-refractivity contribution < 1.29 is 4.74 Å². The van der Waals surface area contributed by atoms with E-state index < -0.39 is 0 Å². The second kappa shape index (κ2) is 6.81. The van der Waals surface area contributed by atoms with Gasteiger partial charge in [0, 0.05) is 12.0 Å². The average Bonchev–Trinajstić information content (AvgIpc) is 2.67. The summed E-state index contributed by atoms with van der Waals surface area (Å²) in [5.74, 6) is 0.888. The monoisotopic (exact) mass is 328 g/mol. The van der Waals surface area contributed by atoms with Crippen LogP contribution >= 0.6 is 0 Å². The van der Waals surface area contributed by atoms with Crippen molar-refractivity contribution in [1.29, 1.82) is 0 Å². The lowest BCUT2D eigenvalue weighted by atomic mass is 9.94. The molecule has 1 aliphatic heterocycles. The molecule has 1 aliphatic rings. The highest BCUT2D eigenvalue weighted by Gasteiger charge is 2.26. The van der Waals surface area contributed by atoms with Gasteiger partial charge in [0.15, 0.2) is 0 Å². The number of hydrogen-bond donors (Lipinski definition) is 1. The molecule has 25 heavy (non-hydrogen) atoms. The van der Waals surface area contributed by atoms with E-state index in [1.165, 1.54) is 11.1 Å². The maximum absolute atomic E-state index is 6.25. The fraction of sp³-hybridized carbons (Fsp3) is 0.136. The fourth-order valence-corrected chi connectivity index (χ4v) is 3.06. The molecular formula is C22H20N2O. The maximum Gasteiger partial charge on any atom is 0.129 e. The van der Waals surface area contributed by atoms with Crippen LogP contribution in [-0.2, 0) is 0 Å². The van der Waals surface area contributed by atoms with Crippen molar-refractivity contribution in [3.8, 4) is 5.75 Å². The summed E-state index contributed by atoms with van der Waals surface area (Å²) in [5, 5.41) is 4.70. The molecule has 1 N–H and O–H groups in total. The van der Waals surface area contributed by atoms with Gasteiger partial charge in [-0.15, -0.1) is 0 Å². The Morgan fingerprint density at radius 2 is 1.64 bits per heavy atom. The van der Waals surface area contributed by atoms with Crippen molar-refractivity contribution in [2.75, 3.05) is 5.43 Å². The Bertz CT molecular complexity index is 888. The third-order valence-electron chi connectivity index (χ3n) is 4.36. The number of benzene rings is 3. The van der Waals surface area contributed by atoms with Crippen molar-refractivity contribution >= 4 is 11.4 Å². The molecule has 0 bridgehead atoms. The number of fused-ring (bicyclic) bond motifs is 1. The zero-order valence-corrected chi connectivity index (χ0v) is 14.1. The standard InChI is InChI=1S/C22H20N2O/c1-16-12-13-21-19(14-16)20(24-23-18-10-6-3-7-11-18)15-22(25-21)17-8-4-2-5-9-17/h2-14,22-23H,15H2,1H3/b24-20+. The number of nitrogens with zero attached hydrogens (tertiary/aromatic N) is 1. The van der Waals surface area contributed by atoms with Crippen LogP contribution in [0.2, 0.25) is 0 Å². The largest absolute Gasteiger partial charge is 0.485 e. The van der Waals surface area contributed by atoms with E-state index in [0.717, 1.165) is 29.1 Å². The second-order valence-electron chi connectivity index (χ2n) is 6.26. The number of rotatable bonds is 3. The Balaban J connectivity index is 1.69. The number of nitrogens with one attached hydrogen (secondary N) is 1. The first kappa shape index (κ1) is 15.5. The highest BCUT2D eigenvalue weighted by atomic mass is 16.5. The summed E-state index contributed by atoms with van der Waals surface area (Å²) in [4.78, 5) is 0. The quantitative estimate of drug-likeness (QED) is 0.659. The maximum atomic E-state index is 6.25. The average molecular weight is 328 g/mol. The van der Waals surface area contributed by atoms with Gasteiger partial charge in [-0.1, -0.05) is 60.2 Å². The SMILES string of the molecule is Cc1ccc2c(c1)/C(=N/Nc1ccccc1)CC(c1ccccc1)O2. The van der Waals surface area contributed by atoms with Crippen LogP contribution in [0.4, 0.5) is 5.69 Å². The van der Waals surface area contributed by atoms with Crippen LogP contribution in [0.25, 0.3) is 0 Å². The summed E-state index contributed by atoms with van der Waals surface area (Å²) < 4.78 is 6.25. The lowest BCUT2D eigenvalue weighted by Gasteiger charge is -2.28. The van der Waals surface area contributed by atoms with E-state index in [2.05, 4.69) is 36.6 Å². The minimum absolute atomic E-state index is 0.0206. The zero-order chi connectivity index (χ0) is 17.1. The molecule has 1 unspecified atom stereocenters. The van der Waals surface area contributed by atoms with E-state index in [-0.39, 0.29) is 6.10 Å². The van der Waals surface area contributed by atoms with Crippen LogP contribution in [0, 0.1) is 6.92 Å². The lowest BCUT2D eigenvalue weighted by molar-refractivity contribution is 0.206. The molecule has 124 valence electrons. The Labute approximate surface area is 148 Å². The first-order valence-corrected chi connectivity index (χ1v) is 8.50. The minimum atomic E-state index is -0.0206. The van der Waals surface area contributed by atoms with Crippen molar-refractivity contribution in [1.82, 2.24) is 0 Å². The number of hydrogen-bond acceptors (Lipinski definition) is 3. The molecule has 0 aliphatic carbocycles. The highest BCUT2D eigenvalue weighted by Crippen LogP contribution is 2.35. The molecule has 0 saturated carbocycles. The molecular weight excluding hydrogens is 308 g/mol. The van der Waals surface area contributed by atoms with Crippen molar-refractivity contribution in [3.05, 3.63) is 95.6 Å². The van der Waals surface area contributed by atoms with E-state index in [9.17, 15) is 0 Å². The number of aryl methyl sites for hydroxylation is 1. The molecule has 3 heteroatoms. The van der Waals surface area contributed by atoms with Gasteiger partial charge >= 0.3 is 0 Å². The van der Waals surface area contributed by atoms with Gasteiger partial charge in [0.2, 0.25) is 0 Å². The van der Waals surface area contributed by atoms with E-state index in [4.69, 9.17) is 9.84 Å². The number of para-hydroxylation sites is 1. The molecule has 3 nitrogen and oxygen atoms in total. The van der Waals surface area contributed by atoms with E-state index in [0.29, 0.717) is 0 Å². The summed E-state index contributed by atoms with van der Waals surface area (Å²) in [5.41, 5.74) is 8.61. The van der Waals surface area contributed by atoms with Crippen molar-refractivity contribution in [2.45, 2.75) is 19.4 Å². The van der Waals surface area contributed by atoms with Gasteiger partial charge in [0.05, 0.1) is 11.4 Å². The number of anilines is 1. The zero-order valence-electron chi connectivity index (χ0n) is 14.1. The van der Waals surface area contributed by atoms with E-state index in [1.54, 1.807) is 0 Å². The molecule has 0 aromatic heterocycles. The van der Waals surface area contributed by atoms with Crippen LogP contribution < -0.4 is 10.2 Å².